The van der Waals surface area contributed by atoms with E-state index in [0.717, 1.165) is 0 Å². The number of aromatic nitrogens is 2. The molecular formula is C13H13ClN4O2S3. The average Bonchev–Trinajstić information content (AvgIpc) is 2.95. The highest BCUT2D eigenvalue weighted by atomic mass is 35.5. The molecule has 1 aromatic carbocycles. The van der Waals surface area contributed by atoms with Crippen LogP contribution in [-0.4, -0.2) is 33.0 Å². The summed E-state index contributed by atoms with van der Waals surface area (Å²) < 4.78 is 1.30. The van der Waals surface area contributed by atoms with E-state index in [0.29, 0.717) is 19.4 Å². The first-order valence-corrected chi connectivity index (χ1v) is 9.48. The van der Waals surface area contributed by atoms with Crippen LogP contribution in [0.4, 0.5) is 5.69 Å². The molecule has 2 aromatic rings. The molecule has 2 rings (SSSR count). The lowest BCUT2D eigenvalue weighted by Gasteiger charge is -2.11. The van der Waals surface area contributed by atoms with Crippen molar-refractivity contribution >= 4 is 64.0 Å². The maximum absolute atomic E-state index is 12.2. The van der Waals surface area contributed by atoms with Gasteiger partial charge in [-0.2, -0.15) is 0 Å². The normalized spacial score (nSPS) is 11.9. The summed E-state index contributed by atoms with van der Waals surface area (Å²) in [5, 5.41) is 10.8. The third-order valence-corrected chi connectivity index (χ3v) is 6.10. The second-order valence-corrected chi connectivity index (χ2v) is 8.51. The van der Waals surface area contributed by atoms with Crippen LogP contribution in [0.3, 0.4) is 0 Å². The van der Waals surface area contributed by atoms with E-state index in [1.807, 2.05) is 0 Å². The van der Waals surface area contributed by atoms with Gasteiger partial charge in [0.05, 0.1) is 21.7 Å². The number of thioether (sulfide) groups is 2. The number of halogens is 1. The number of amides is 2. The Morgan fingerprint density at radius 2 is 2.04 bits per heavy atom. The van der Waals surface area contributed by atoms with E-state index in [4.69, 9.17) is 17.3 Å². The molecule has 0 saturated carbocycles. The van der Waals surface area contributed by atoms with Crippen LogP contribution >= 0.6 is 46.5 Å². The van der Waals surface area contributed by atoms with Gasteiger partial charge in [0.2, 0.25) is 11.8 Å². The predicted octanol–water partition coefficient (Wildman–Crippen LogP) is 2.89. The molecule has 6 nitrogen and oxygen atoms in total. The highest BCUT2D eigenvalue weighted by molar-refractivity contribution is 8.04. The Bertz CT molecular complexity index is 710. The van der Waals surface area contributed by atoms with E-state index in [1.165, 1.54) is 34.9 Å². The Balaban J connectivity index is 1.91. The van der Waals surface area contributed by atoms with E-state index in [-0.39, 0.29) is 16.9 Å². The largest absolute Gasteiger partial charge is 0.369 e. The van der Waals surface area contributed by atoms with Gasteiger partial charge >= 0.3 is 0 Å². The number of carbonyl (C=O) groups excluding carboxylic acids is 2. The molecule has 0 bridgehead atoms. The van der Waals surface area contributed by atoms with E-state index in [2.05, 4.69) is 15.5 Å². The highest BCUT2D eigenvalue weighted by Crippen LogP contribution is 2.31. The Morgan fingerprint density at radius 1 is 1.35 bits per heavy atom. The van der Waals surface area contributed by atoms with Crippen molar-refractivity contribution in [2.75, 3.05) is 11.1 Å². The van der Waals surface area contributed by atoms with Gasteiger partial charge < -0.3 is 11.1 Å². The number of primary amides is 1. The summed E-state index contributed by atoms with van der Waals surface area (Å²) in [6.45, 7) is 1.77. The van der Waals surface area contributed by atoms with Gasteiger partial charge in [0.1, 0.15) is 0 Å². The van der Waals surface area contributed by atoms with Crippen LogP contribution < -0.4 is 11.1 Å². The van der Waals surface area contributed by atoms with Crippen LogP contribution in [0.1, 0.15) is 6.92 Å². The second-order valence-electron chi connectivity index (χ2n) is 4.32. The molecule has 1 atom stereocenters. The molecule has 1 heterocycles. The van der Waals surface area contributed by atoms with E-state index < -0.39 is 5.91 Å². The molecular weight excluding hydrogens is 376 g/mol. The zero-order chi connectivity index (χ0) is 16.8. The zero-order valence-electron chi connectivity index (χ0n) is 12.0. The van der Waals surface area contributed by atoms with Gasteiger partial charge in [-0.1, -0.05) is 58.6 Å². The molecule has 0 unspecified atom stereocenters. The summed E-state index contributed by atoms with van der Waals surface area (Å²) in [6, 6.07) is 7.04. The monoisotopic (exact) mass is 388 g/mol. The molecule has 3 N–H and O–H groups in total. The number of nitrogens with zero attached hydrogens (tertiary/aromatic N) is 2. The minimum absolute atomic E-state index is 0.155. The van der Waals surface area contributed by atoms with Crippen molar-refractivity contribution in [1.29, 1.82) is 0 Å². The SMILES string of the molecule is C[C@H](Sc1nnc(SCC(N)=O)s1)C(=O)Nc1ccccc1Cl. The topological polar surface area (TPSA) is 98.0 Å². The van der Waals surface area contributed by atoms with Crippen molar-refractivity contribution in [3.63, 3.8) is 0 Å². The lowest BCUT2D eigenvalue weighted by Crippen LogP contribution is -2.22. The molecule has 0 saturated heterocycles. The Labute approximate surface area is 150 Å². The number of benzene rings is 1. The molecule has 0 radical (unpaired) electrons. The Morgan fingerprint density at radius 3 is 2.74 bits per heavy atom. The summed E-state index contributed by atoms with van der Waals surface area (Å²) in [6.07, 6.45) is 0. The van der Waals surface area contributed by atoms with E-state index in [1.54, 1.807) is 31.2 Å². The van der Waals surface area contributed by atoms with Crippen molar-refractivity contribution in [3.8, 4) is 0 Å². The minimum Gasteiger partial charge on any atom is -0.369 e. The van der Waals surface area contributed by atoms with Crippen LogP contribution in [0.5, 0.6) is 0 Å². The molecule has 0 aliphatic rings. The summed E-state index contributed by atoms with van der Waals surface area (Å²) in [4.78, 5) is 22.9. The van der Waals surface area contributed by atoms with Crippen LogP contribution in [0, 0.1) is 0 Å². The first-order valence-electron chi connectivity index (χ1n) is 6.42. The van der Waals surface area contributed by atoms with Crippen molar-refractivity contribution < 1.29 is 9.59 Å². The van der Waals surface area contributed by atoms with Gasteiger partial charge in [-0.25, -0.2) is 0 Å². The van der Waals surface area contributed by atoms with Gasteiger partial charge in [0, 0.05) is 0 Å². The molecule has 1 aromatic heterocycles. The lowest BCUT2D eigenvalue weighted by atomic mass is 10.3. The van der Waals surface area contributed by atoms with Crippen LogP contribution in [0.2, 0.25) is 5.02 Å². The van der Waals surface area contributed by atoms with Gasteiger partial charge in [0.15, 0.2) is 8.68 Å². The molecule has 0 aliphatic carbocycles. The number of hydrogen-bond acceptors (Lipinski definition) is 7. The standard InChI is InChI=1S/C13H13ClN4O2S3/c1-7(11(20)16-9-5-3-2-4-8(9)14)22-13-18-17-12(23-13)21-6-10(15)19/h2-5,7H,6H2,1H3,(H2,15,19)(H,16,20)/t7-/m0/s1. The number of hydrogen-bond donors (Lipinski definition) is 2. The fourth-order valence-corrected chi connectivity index (χ4v) is 4.52. The summed E-state index contributed by atoms with van der Waals surface area (Å²) >= 11 is 9.86. The minimum atomic E-state index is -0.410. The number of para-hydroxylation sites is 1. The molecule has 0 spiro atoms. The van der Waals surface area contributed by atoms with Crippen molar-refractivity contribution in [2.24, 2.45) is 5.73 Å². The maximum Gasteiger partial charge on any atom is 0.237 e. The molecule has 122 valence electrons. The third-order valence-electron chi connectivity index (χ3n) is 2.50. The average molecular weight is 389 g/mol. The first kappa shape index (κ1) is 18.1. The zero-order valence-corrected chi connectivity index (χ0v) is 15.2. The molecule has 0 aliphatic heterocycles. The smallest absolute Gasteiger partial charge is 0.237 e. The van der Waals surface area contributed by atoms with E-state index >= 15 is 0 Å². The number of anilines is 1. The highest BCUT2D eigenvalue weighted by Gasteiger charge is 2.18. The summed E-state index contributed by atoms with van der Waals surface area (Å²) in [7, 11) is 0. The van der Waals surface area contributed by atoms with Crippen molar-refractivity contribution in [1.82, 2.24) is 10.2 Å². The molecule has 0 fully saturated rings. The number of nitrogens with one attached hydrogen (secondary N) is 1. The fraction of sp³-hybridized carbons (Fsp3) is 0.231. The van der Waals surface area contributed by atoms with Crippen molar-refractivity contribution in [3.05, 3.63) is 29.3 Å². The summed E-state index contributed by atoms with van der Waals surface area (Å²) in [5.74, 6) is -0.432. The maximum atomic E-state index is 12.2. The fourth-order valence-electron chi connectivity index (χ4n) is 1.44. The van der Waals surface area contributed by atoms with E-state index in [9.17, 15) is 9.59 Å². The molecule has 2 amide bonds. The predicted molar refractivity (Wildman–Crippen MR) is 95.2 cm³/mol. The number of carbonyl (C=O) groups is 2. The Hall–Kier alpha value is -1.29. The Kier molecular flexibility index (Phi) is 6.70. The third kappa shape index (κ3) is 5.69. The van der Waals surface area contributed by atoms with Crippen LogP contribution in [-0.2, 0) is 9.59 Å². The van der Waals surface area contributed by atoms with Gasteiger partial charge in [0.25, 0.3) is 0 Å². The van der Waals surface area contributed by atoms with Gasteiger partial charge in [-0.05, 0) is 19.1 Å². The second kappa shape index (κ2) is 8.53. The quantitative estimate of drug-likeness (QED) is 0.707. The van der Waals surface area contributed by atoms with Crippen LogP contribution in [0.25, 0.3) is 0 Å². The number of nitrogens with two attached hydrogens (primary N) is 1. The van der Waals surface area contributed by atoms with Crippen molar-refractivity contribution in [2.45, 2.75) is 20.9 Å². The lowest BCUT2D eigenvalue weighted by molar-refractivity contribution is -0.116. The first-order chi connectivity index (χ1) is 11.0. The van der Waals surface area contributed by atoms with Gasteiger partial charge in [-0.15, -0.1) is 10.2 Å². The molecule has 10 heteroatoms. The molecule has 23 heavy (non-hydrogen) atoms. The summed E-state index contributed by atoms with van der Waals surface area (Å²) in [5.41, 5.74) is 5.65. The number of rotatable bonds is 7. The van der Waals surface area contributed by atoms with Crippen LogP contribution in [0.15, 0.2) is 32.9 Å². The van der Waals surface area contributed by atoms with Gasteiger partial charge in [-0.3, -0.25) is 9.59 Å².